The van der Waals surface area contributed by atoms with Crippen LogP contribution in [0.1, 0.15) is 18.0 Å². The molecule has 0 radical (unpaired) electrons. The van der Waals surface area contributed by atoms with Crippen LogP contribution >= 0.6 is 0 Å². The fourth-order valence-corrected chi connectivity index (χ4v) is 3.53. The number of aryl methyl sites for hydroxylation is 1. The summed E-state index contributed by atoms with van der Waals surface area (Å²) in [6, 6.07) is 23.4. The number of aromatic amines is 1. The molecular weight excluding hydrogens is 420 g/mol. The Labute approximate surface area is 188 Å². The average molecular weight is 442 g/mol. The van der Waals surface area contributed by atoms with Crippen molar-refractivity contribution in [1.29, 1.82) is 0 Å². The van der Waals surface area contributed by atoms with E-state index in [4.69, 9.17) is 0 Å². The lowest BCUT2D eigenvalue weighted by Crippen LogP contribution is -2.38. The number of hydrogen-bond acceptors (Lipinski definition) is 4. The van der Waals surface area contributed by atoms with Crippen molar-refractivity contribution in [3.8, 4) is 0 Å². The van der Waals surface area contributed by atoms with Crippen molar-refractivity contribution in [2.24, 2.45) is 0 Å². The maximum atomic E-state index is 12.9. The van der Waals surface area contributed by atoms with Gasteiger partial charge in [-0.25, -0.2) is 4.68 Å². The first-order valence-electron chi connectivity index (χ1n) is 10.4. The van der Waals surface area contributed by atoms with Crippen molar-refractivity contribution >= 4 is 28.3 Å². The van der Waals surface area contributed by atoms with E-state index in [1.165, 1.54) is 0 Å². The van der Waals surface area contributed by atoms with E-state index in [9.17, 15) is 19.2 Å². The number of anilines is 1. The Morgan fingerprint density at radius 2 is 1.42 bits per heavy atom. The summed E-state index contributed by atoms with van der Waals surface area (Å²) in [5, 5.41) is 8.62. The van der Waals surface area contributed by atoms with Gasteiger partial charge in [0.05, 0.1) is 17.3 Å². The standard InChI is InChI=1S/C25H22N4O4/c30-21(15-16-29-25(33)20-14-8-7-13-19(20)23(31)28-29)27-22(17-9-3-1-4-10-17)24(32)26-18-11-5-2-6-12-18/h1-14,22H,15-16H2,(H,26,32)(H,27,30)(H,28,31). The lowest BCUT2D eigenvalue weighted by atomic mass is 10.1. The average Bonchev–Trinajstić information content (AvgIpc) is 2.85. The molecule has 0 aliphatic heterocycles. The van der Waals surface area contributed by atoms with Crippen LogP contribution in [0.4, 0.5) is 5.69 Å². The summed E-state index contributed by atoms with van der Waals surface area (Å²) in [4.78, 5) is 50.6. The summed E-state index contributed by atoms with van der Waals surface area (Å²) in [7, 11) is 0. The van der Waals surface area contributed by atoms with Gasteiger partial charge in [-0.1, -0.05) is 60.7 Å². The third-order valence-electron chi connectivity index (χ3n) is 5.19. The molecule has 4 aromatic rings. The van der Waals surface area contributed by atoms with Crippen molar-refractivity contribution in [1.82, 2.24) is 15.1 Å². The van der Waals surface area contributed by atoms with E-state index in [2.05, 4.69) is 15.7 Å². The van der Waals surface area contributed by atoms with Crippen LogP contribution in [0.2, 0.25) is 0 Å². The van der Waals surface area contributed by atoms with Crippen LogP contribution in [0, 0.1) is 0 Å². The maximum Gasteiger partial charge on any atom is 0.273 e. The zero-order valence-corrected chi connectivity index (χ0v) is 17.7. The van der Waals surface area contributed by atoms with Gasteiger partial charge in [-0.3, -0.25) is 24.3 Å². The molecule has 0 fully saturated rings. The molecule has 0 aliphatic carbocycles. The predicted octanol–water partition coefficient (Wildman–Crippen LogP) is 2.58. The van der Waals surface area contributed by atoms with Crippen molar-refractivity contribution < 1.29 is 9.59 Å². The Morgan fingerprint density at radius 3 is 2.12 bits per heavy atom. The molecule has 0 bridgehead atoms. The van der Waals surface area contributed by atoms with E-state index in [0.717, 1.165) is 4.68 Å². The second kappa shape index (κ2) is 9.78. The molecule has 33 heavy (non-hydrogen) atoms. The minimum Gasteiger partial charge on any atom is -0.340 e. The van der Waals surface area contributed by atoms with Crippen molar-refractivity contribution in [3.63, 3.8) is 0 Å². The van der Waals surface area contributed by atoms with Gasteiger partial charge in [0.1, 0.15) is 6.04 Å². The number of amides is 2. The molecule has 3 N–H and O–H groups in total. The van der Waals surface area contributed by atoms with Crippen LogP contribution in [-0.2, 0) is 16.1 Å². The van der Waals surface area contributed by atoms with E-state index >= 15 is 0 Å². The smallest absolute Gasteiger partial charge is 0.273 e. The molecule has 4 rings (SSSR count). The Hall–Kier alpha value is -4.46. The molecule has 2 amide bonds. The van der Waals surface area contributed by atoms with Gasteiger partial charge in [0.2, 0.25) is 5.91 Å². The number of benzene rings is 3. The highest BCUT2D eigenvalue weighted by molar-refractivity contribution is 5.97. The Morgan fingerprint density at radius 1 is 0.818 bits per heavy atom. The number of carbonyl (C=O) groups is 2. The molecule has 0 aliphatic rings. The zero-order chi connectivity index (χ0) is 23.2. The lowest BCUT2D eigenvalue weighted by molar-refractivity contribution is -0.126. The van der Waals surface area contributed by atoms with Gasteiger partial charge < -0.3 is 10.6 Å². The quantitative estimate of drug-likeness (QED) is 0.408. The van der Waals surface area contributed by atoms with Crippen molar-refractivity contribution in [2.45, 2.75) is 19.0 Å². The molecule has 1 heterocycles. The molecule has 1 atom stereocenters. The largest absolute Gasteiger partial charge is 0.340 e. The van der Waals surface area contributed by atoms with Crippen LogP contribution < -0.4 is 21.8 Å². The van der Waals surface area contributed by atoms with E-state index in [0.29, 0.717) is 16.6 Å². The fourth-order valence-electron chi connectivity index (χ4n) is 3.53. The number of nitrogens with one attached hydrogen (secondary N) is 3. The molecule has 166 valence electrons. The van der Waals surface area contributed by atoms with Crippen LogP contribution in [0.15, 0.2) is 94.5 Å². The van der Waals surface area contributed by atoms with Crippen LogP contribution in [-0.4, -0.2) is 21.6 Å². The van der Waals surface area contributed by atoms with Gasteiger partial charge in [0.25, 0.3) is 17.0 Å². The lowest BCUT2D eigenvalue weighted by Gasteiger charge is -2.19. The van der Waals surface area contributed by atoms with Crippen LogP contribution in [0.5, 0.6) is 0 Å². The Bertz CT molecular complexity index is 1390. The Balaban J connectivity index is 1.50. The third-order valence-corrected chi connectivity index (χ3v) is 5.19. The molecule has 8 heteroatoms. The highest BCUT2D eigenvalue weighted by Gasteiger charge is 2.23. The maximum absolute atomic E-state index is 12.9. The second-order valence-electron chi connectivity index (χ2n) is 7.46. The minimum absolute atomic E-state index is 0.0352. The molecular formula is C25H22N4O4. The van der Waals surface area contributed by atoms with E-state index in [-0.39, 0.29) is 23.9 Å². The number of aromatic nitrogens is 2. The van der Waals surface area contributed by atoms with Gasteiger partial charge in [0.15, 0.2) is 0 Å². The number of H-pyrrole nitrogens is 1. The Kier molecular flexibility index (Phi) is 6.45. The minimum atomic E-state index is -0.925. The first-order valence-corrected chi connectivity index (χ1v) is 10.4. The third kappa shape index (κ3) is 5.07. The summed E-state index contributed by atoms with van der Waals surface area (Å²) < 4.78 is 1.12. The topological polar surface area (TPSA) is 113 Å². The van der Waals surface area contributed by atoms with E-state index < -0.39 is 23.4 Å². The highest BCUT2D eigenvalue weighted by atomic mass is 16.2. The van der Waals surface area contributed by atoms with Crippen molar-refractivity contribution in [3.05, 3.63) is 111 Å². The molecule has 0 saturated carbocycles. The molecule has 1 aromatic heterocycles. The van der Waals surface area contributed by atoms with Crippen molar-refractivity contribution in [2.75, 3.05) is 5.32 Å². The normalized spacial score (nSPS) is 11.6. The van der Waals surface area contributed by atoms with Gasteiger partial charge in [-0.05, 0) is 29.8 Å². The highest BCUT2D eigenvalue weighted by Crippen LogP contribution is 2.16. The van der Waals surface area contributed by atoms with Gasteiger partial charge in [-0.2, -0.15) is 0 Å². The first kappa shape index (κ1) is 21.8. The van der Waals surface area contributed by atoms with Crippen LogP contribution in [0.3, 0.4) is 0 Å². The number of rotatable bonds is 7. The predicted molar refractivity (Wildman–Crippen MR) is 126 cm³/mol. The summed E-state index contributed by atoms with van der Waals surface area (Å²) in [5.41, 5.74) is 0.433. The number of carbonyl (C=O) groups excluding carboxylic acids is 2. The van der Waals surface area contributed by atoms with E-state index in [1.807, 2.05) is 12.1 Å². The van der Waals surface area contributed by atoms with Gasteiger partial charge in [-0.15, -0.1) is 0 Å². The first-order chi connectivity index (χ1) is 16.0. The SMILES string of the molecule is O=C(CCn1[nH]c(=O)c2ccccc2c1=O)NC(C(=O)Nc1ccccc1)c1ccccc1. The van der Waals surface area contributed by atoms with E-state index in [1.54, 1.807) is 72.8 Å². The monoisotopic (exact) mass is 442 g/mol. The second-order valence-corrected chi connectivity index (χ2v) is 7.46. The summed E-state index contributed by atoms with van der Waals surface area (Å²) in [6.07, 6.45) is -0.101. The van der Waals surface area contributed by atoms with Gasteiger partial charge >= 0.3 is 0 Å². The zero-order valence-electron chi connectivity index (χ0n) is 17.7. The summed E-state index contributed by atoms with van der Waals surface area (Å²) in [5.74, 6) is -0.829. The number of para-hydroxylation sites is 1. The molecule has 0 spiro atoms. The fraction of sp³-hybridized carbons (Fsp3) is 0.120. The molecule has 3 aromatic carbocycles. The number of fused-ring (bicyclic) bond motifs is 1. The number of nitrogens with zero attached hydrogens (tertiary/aromatic N) is 1. The molecule has 0 saturated heterocycles. The van der Waals surface area contributed by atoms with Gasteiger partial charge in [0, 0.05) is 12.1 Å². The summed E-state index contributed by atoms with van der Waals surface area (Å²) >= 11 is 0. The molecule has 1 unspecified atom stereocenters. The van der Waals surface area contributed by atoms with Crippen LogP contribution in [0.25, 0.3) is 10.8 Å². The summed E-state index contributed by atoms with van der Waals surface area (Å²) in [6.45, 7) is -0.0352. The number of hydrogen-bond donors (Lipinski definition) is 3. The molecule has 8 nitrogen and oxygen atoms in total.